The van der Waals surface area contributed by atoms with E-state index >= 15 is 0 Å². The van der Waals surface area contributed by atoms with E-state index in [0.717, 1.165) is 95.1 Å². The molecule has 1 aromatic heterocycles. The first-order chi connectivity index (χ1) is 18.7. The maximum Gasteiger partial charge on any atom is 0.227 e. The number of amides is 1. The molecule has 0 unspecified atom stereocenters. The average Bonchev–Trinajstić information content (AvgIpc) is 2.96. The molecule has 38 heavy (non-hydrogen) atoms. The van der Waals surface area contributed by atoms with Gasteiger partial charge < -0.3 is 20.3 Å². The standard InChI is InChI=1S/C30H36N6O2/c37-29-24-10-14-35(15-11-24)21-25-20-26(7-8-28(25)36-16-18-38-19-17-36)33-30-32-13-9-27(34-30)23-5-3-22(4-6-23)2-1-12-31-29/h3-9,13,20,24H,1-2,10-12,14-19,21H2,(H,31,37)(H,32,33,34). The third kappa shape index (κ3) is 5.81. The van der Waals surface area contributed by atoms with Gasteiger partial charge in [0, 0.05) is 55.2 Å². The third-order valence-electron chi connectivity index (χ3n) is 7.89. The number of piperidine rings is 1. The molecule has 8 bridgehead atoms. The molecule has 7 heterocycles. The van der Waals surface area contributed by atoms with Crippen LogP contribution in [0.15, 0.2) is 54.7 Å². The number of anilines is 3. The van der Waals surface area contributed by atoms with E-state index in [9.17, 15) is 4.79 Å². The number of rotatable bonds is 1. The molecule has 2 N–H and O–H groups in total. The molecule has 9 rings (SSSR count). The second kappa shape index (κ2) is 11.5. The molecule has 8 nitrogen and oxygen atoms in total. The van der Waals surface area contributed by atoms with Crippen molar-refractivity contribution in [1.29, 1.82) is 0 Å². The molecule has 0 saturated carbocycles. The number of hydrogen-bond donors (Lipinski definition) is 2. The number of ether oxygens (including phenoxy) is 1. The zero-order valence-electron chi connectivity index (χ0n) is 21.9. The molecule has 0 radical (unpaired) electrons. The molecule has 2 aromatic carbocycles. The van der Waals surface area contributed by atoms with Crippen LogP contribution >= 0.6 is 0 Å². The van der Waals surface area contributed by atoms with Crippen LogP contribution in [0, 0.1) is 5.92 Å². The Hall–Kier alpha value is -3.49. The number of nitrogens with one attached hydrogen (secondary N) is 2. The summed E-state index contributed by atoms with van der Waals surface area (Å²) in [6.07, 6.45) is 5.49. The first-order valence-corrected chi connectivity index (χ1v) is 13.9. The van der Waals surface area contributed by atoms with Crippen LogP contribution in [0.5, 0.6) is 0 Å². The number of carbonyl (C=O) groups excluding carboxylic acids is 1. The van der Waals surface area contributed by atoms with Gasteiger partial charge in [0.15, 0.2) is 0 Å². The lowest BCUT2D eigenvalue weighted by atomic mass is 9.95. The Morgan fingerprint density at radius 3 is 2.58 bits per heavy atom. The lowest BCUT2D eigenvalue weighted by Crippen LogP contribution is -2.41. The Bertz CT molecular complexity index is 1250. The fourth-order valence-electron chi connectivity index (χ4n) is 5.70. The topological polar surface area (TPSA) is 82.6 Å². The van der Waals surface area contributed by atoms with Crippen molar-refractivity contribution in [2.75, 3.05) is 56.2 Å². The Balaban J connectivity index is 1.31. The molecule has 8 heteroatoms. The highest BCUT2D eigenvalue weighted by Gasteiger charge is 2.26. The van der Waals surface area contributed by atoms with Crippen LogP contribution in [0.25, 0.3) is 11.3 Å². The van der Waals surface area contributed by atoms with Gasteiger partial charge in [0.1, 0.15) is 0 Å². The Labute approximate surface area is 224 Å². The van der Waals surface area contributed by atoms with Crippen LogP contribution in [0.2, 0.25) is 0 Å². The fourth-order valence-corrected chi connectivity index (χ4v) is 5.70. The number of nitrogens with zero attached hydrogens (tertiary/aromatic N) is 4. The quantitative estimate of drug-likeness (QED) is 0.510. The van der Waals surface area contributed by atoms with Crippen molar-refractivity contribution in [2.45, 2.75) is 32.2 Å². The first-order valence-electron chi connectivity index (χ1n) is 13.9. The SMILES string of the molecule is O=C1NCCCc2ccc(cc2)-c2ccnc(n2)Nc2ccc(N3CCOCC3)c(c2)CN2CCC1CC2. The highest BCUT2D eigenvalue weighted by atomic mass is 16.5. The largest absolute Gasteiger partial charge is 0.378 e. The van der Waals surface area contributed by atoms with Gasteiger partial charge in [-0.05, 0) is 74.2 Å². The van der Waals surface area contributed by atoms with Gasteiger partial charge in [0.2, 0.25) is 11.9 Å². The number of carbonyl (C=O) groups is 1. The van der Waals surface area contributed by atoms with Gasteiger partial charge in [-0.2, -0.15) is 0 Å². The summed E-state index contributed by atoms with van der Waals surface area (Å²) in [4.78, 5) is 27.0. The van der Waals surface area contributed by atoms with Crippen LogP contribution < -0.4 is 15.5 Å². The molecule has 2 saturated heterocycles. The van der Waals surface area contributed by atoms with Crippen LogP contribution in [0.4, 0.5) is 17.3 Å². The molecular formula is C30H36N6O2. The lowest BCUT2D eigenvalue weighted by Gasteiger charge is -2.34. The van der Waals surface area contributed by atoms with E-state index in [1.165, 1.54) is 16.8 Å². The molecule has 6 aliphatic heterocycles. The molecular weight excluding hydrogens is 476 g/mol. The van der Waals surface area contributed by atoms with Gasteiger partial charge in [-0.25, -0.2) is 9.97 Å². The minimum absolute atomic E-state index is 0.106. The van der Waals surface area contributed by atoms with Crippen LogP contribution in [0.3, 0.4) is 0 Å². The van der Waals surface area contributed by atoms with Crippen LogP contribution in [0.1, 0.15) is 30.4 Å². The van der Waals surface area contributed by atoms with Crippen molar-refractivity contribution in [2.24, 2.45) is 5.92 Å². The summed E-state index contributed by atoms with van der Waals surface area (Å²) in [6, 6.07) is 17.0. The molecule has 3 aromatic rings. The van der Waals surface area contributed by atoms with Crippen molar-refractivity contribution in [1.82, 2.24) is 20.2 Å². The number of benzene rings is 2. The fraction of sp³-hybridized carbons (Fsp3) is 0.433. The van der Waals surface area contributed by atoms with E-state index in [0.29, 0.717) is 5.95 Å². The van der Waals surface area contributed by atoms with Crippen molar-refractivity contribution >= 4 is 23.2 Å². The second-order valence-electron chi connectivity index (χ2n) is 10.5. The zero-order valence-corrected chi connectivity index (χ0v) is 21.9. The Morgan fingerprint density at radius 1 is 0.947 bits per heavy atom. The van der Waals surface area contributed by atoms with Crippen molar-refractivity contribution in [3.8, 4) is 11.3 Å². The van der Waals surface area contributed by atoms with E-state index in [4.69, 9.17) is 9.72 Å². The molecule has 2 fully saturated rings. The van der Waals surface area contributed by atoms with Crippen molar-refractivity contribution < 1.29 is 9.53 Å². The van der Waals surface area contributed by atoms with E-state index in [1.807, 2.05) is 12.3 Å². The van der Waals surface area contributed by atoms with Crippen molar-refractivity contribution in [3.63, 3.8) is 0 Å². The summed E-state index contributed by atoms with van der Waals surface area (Å²) in [5, 5.41) is 6.64. The predicted octanol–water partition coefficient (Wildman–Crippen LogP) is 4.00. The molecule has 1 amide bonds. The Kier molecular flexibility index (Phi) is 7.51. The molecule has 198 valence electrons. The third-order valence-corrected chi connectivity index (χ3v) is 7.89. The lowest BCUT2D eigenvalue weighted by molar-refractivity contribution is -0.126. The van der Waals surface area contributed by atoms with Crippen LogP contribution in [-0.2, 0) is 22.5 Å². The highest BCUT2D eigenvalue weighted by molar-refractivity contribution is 5.78. The predicted molar refractivity (Wildman–Crippen MR) is 150 cm³/mol. The zero-order chi connectivity index (χ0) is 25.7. The number of hydrogen-bond acceptors (Lipinski definition) is 7. The molecule has 6 aliphatic rings. The van der Waals surface area contributed by atoms with E-state index in [1.54, 1.807) is 0 Å². The summed E-state index contributed by atoms with van der Waals surface area (Å²) in [5.41, 5.74) is 6.73. The maximum absolute atomic E-state index is 12.8. The number of morpholine rings is 1. The van der Waals surface area contributed by atoms with Gasteiger partial charge in [-0.3, -0.25) is 9.69 Å². The normalized spacial score (nSPS) is 22.3. The van der Waals surface area contributed by atoms with Gasteiger partial charge in [0.25, 0.3) is 0 Å². The van der Waals surface area contributed by atoms with Crippen molar-refractivity contribution in [3.05, 3.63) is 65.9 Å². The smallest absolute Gasteiger partial charge is 0.227 e. The summed E-state index contributed by atoms with van der Waals surface area (Å²) >= 11 is 0. The minimum Gasteiger partial charge on any atom is -0.378 e. The monoisotopic (exact) mass is 512 g/mol. The Morgan fingerprint density at radius 2 is 1.76 bits per heavy atom. The summed E-state index contributed by atoms with van der Waals surface area (Å²) in [5.74, 6) is 0.909. The molecule has 0 aliphatic carbocycles. The molecule has 0 atom stereocenters. The van der Waals surface area contributed by atoms with E-state index in [2.05, 4.69) is 67.9 Å². The molecule has 0 spiro atoms. The van der Waals surface area contributed by atoms with Gasteiger partial charge in [-0.1, -0.05) is 24.3 Å². The van der Waals surface area contributed by atoms with Gasteiger partial charge in [0.05, 0.1) is 18.9 Å². The van der Waals surface area contributed by atoms with E-state index in [-0.39, 0.29) is 11.8 Å². The second-order valence-corrected chi connectivity index (χ2v) is 10.5. The summed E-state index contributed by atoms with van der Waals surface area (Å²) in [6.45, 7) is 6.72. The maximum atomic E-state index is 12.8. The number of aryl methyl sites for hydroxylation is 1. The number of aromatic nitrogens is 2. The average molecular weight is 513 g/mol. The highest BCUT2D eigenvalue weighted by Crippen LogP contribution is 2.30. The van der Waals surface area contributed by atoms with E-state index < -0.39 is 0 Å². The van der Waals surface area contributed by atoms with Gasteiger partial charge >= 0.3 is 0 Å². The van der Waals surface area contributed by atoms with Gasteiger partial charge in [-0.15, -0.1) is 0 Å². The summed E-state index contributed by atoms with van der Waals surface area (Å²) < 4.78 is 5.61. The summed E-state index contributed by atoms with van der Waals surface area (Å²) in [7, 11) is 0. The van der Waals surface area contributed by atoms with Crippen LogP contribution in [-0.4, -0.2) is 66.7 Å². The minimum atomic E-state index is 0.106. The first kappa shape index (κ1) is 24.8.